The van der Waals surface area contributed by atoms with Gasteiger partial charge in [0.15, 0.2) is 6.10 Å². The van der Waals surface area contributed by atoms with Crippen LogP contribution in [-0.2, 0) is 9.53 Å². The van der Waals surface area contributed by atoms with Gasteiger partial charge in [-0.25, -0.2) is 4.79 Å². The molecule has 0 radical (unpaired) electrons. The third kappa shape index (κ3) is 2.62. The summed E-state index contributed by atoms with van der Waals surface area (Å²) in [5.41, 5.74) is 2.50. The van der Waals surface area contributed by atoms with E-state index in [9.17, 15) is 18.0 Å². The summed E-state index contributed by atoms with van der Waals surface area (Å²) < 4.78 is 42.5. The average Bonchev–Trinajstić information content (AvgIpc) is 2.65. The SMILES string of the molecule is O=C(OC1c2ccccc2C=Cc2ccccc21)C(F)(F)F. The first kappa shape index (κ1) is 14.4. The molecule has 2 aromatic carbocycles. The summed E-state index contributed by atoms with van der Waals surface area (Å²) in [6.07, 6.45) is -2.51. The topological polar surface area (TPSA) is 26.3 Å². The van der Waals surface area contributed by atoms with Crippen LogP contribution in [0.2, 0.25) is 0 Å². The van der Waals surface area contributed by atoms with Gasteiger partial charge in [0.2, 0.25) is 0 Å². The van der Waals surface area contributed by atoms with E-state index >= 15 is 0 Å². The summed E-state index contributed by atoms with van der Waals surface area (Å²) >= 11 is 0. The second kappa shape index (κ2) is 5.33. The number of alkyl halides is 3. The molecule has 2 nitrogen and oxygen atoms in total. The second-order valence-corrected chi connectivity index (χ2v) is 4.87. The monoisotopic (exact) mass is 304 g/mol. The van der Waals surface area contributed by atoms with E-state index in [2.05, 4.69) is 0 Å². The molecule has 0 amide bonds. The van der Waals surface area contributed by atoms with Crippen molar-refractivity contribution in [3.8, 4) is 0 Å². The smallest absolute Gasteiger partial charge is 0.446 e. The van der Waals surface area contributed by atoms with Gasteiger partial charge in [0.25, 0.3) is 0 Å². The molecule has 22 heavy (non-hydrogen) atoms. The zero-order chi connectivity index (χ0) is 15.7. The van der Waals surface area contributed by atoms with Gasteiger partial charge < -0.3 is 4.74 Å². The van der Waals surface area contributed by atoms with Gasteiger partial charge in [0.1, 0.15) is 0 Å². The van der Waals surface area contributed by atoms with Gasteiger partial charge in [-0.05, 0) is 11.1 Å². The number of halogens is 3. The summed E-state index contributed by atoms with van der Waals surface area (Å²) in [6.45, 7) is 0. The van der Waals surface area contributed by atoms with Crippen LogP contribution < -0.4 is 0 Å². The lowest BCUT2D eigenvalue weighted by molar-refractivity contribution is -0.203. The number of ether oxygens (including phenoxy) is 1. The van der Waals surface area contributed by atoms with E-state index < -0.39 is 18.2 Å². The number of hydrogen-bond acceptors (Lipinski definition) is 2. The lowest BCUT2D eigenvalue weighted by Crippen LogP contribution is -2.27. The molecule has 112 valence electrons. The molecule has 2 aromatic rings. The molecular formula is C17H11F3O2. The van der Waals surface area contributed by atoms with Crippen molar-refractivity contribution in [3.63, 3.8) is 0 Å². The minimum atomic E-state index is -5.02. The molecule has 0 bridgehead atoms. The van der Waals surface area contributed by atoms with E-state index in [4.69, 9.17) is 4.74 Å². The number of benzene rings is 2. The molecule has 0 aromatic heterocycles. The Labute approximate surface area is 124 Å². The van der Waals surface area contributed by atoms with Crippen LogP contribution in [0.4, 0.5) is 13.2 Å². The van der Waals surface area contributed by atoms with Gasteiger partial charge in [-0.3, -0.25) is 0 Å². The minimum Gasteiger partial charge on any atom is -0.446 e. The highest BCUT2D eigenvalue weighted by Gasteiger charge is 2.43. The zero-order valence-electron chi connectivity index (χ0n) is 11.3. The highest BCUT2D eigenvalue weighted by Crippen LogP contribution is 2.36. The first-order valence-electron chi connectivity index (χ1n) is 6.60. The predicted molar refractivity (Wildman–Crippen MR) is 75.8 cm³/mol. The van der Waals surface area contributed by atoms with E-state index in [-0.39, 0.29) is 0 Å². The summed E-state index contributed by atoms with van der Waals surface area (Å²) in [7, 11) is 0. The Morgan fingerprint density at radius 3 is 1.77 bits per heavy atom. The summed E-state index contributed by atoms with van der Waals surface area (Å²) in [5, 5.41) is 0. The molecule has 1 aliphatic rings. The fourth-order valence-electron chi connectivity index (χ4n) is 2.45. The number of esters is 1. The maximum Gasteiger partial charge on any atom is 0.490 e. The first-order chi connectivity index (χ1) is 10.5. The number of fused-ring (bicyclic) bond motifs is 2. The third-order valence-electron chi connectivity index (χ3n) is 3.46. The fraction of sp³-hybridized carbons (Fsp3) is 0.118. The Morgan fingerprint density at radius 2 is 1.32 bits per heavy atom. The summed E-state index contributed by atoms with van der Waals surface area (Å²) in [4.78, 5) is 11.3. The van der Waals surface area contributed by atoms with Crippen LogP contribution in [0.15, 0.2) is 48.5 Å². The van der Waals surface area contributed by atoms with Crippen LogP contribution in [0.5, 0.6) is 0 Å². The maximum absolute atomic E-state index is 12.6. The van der Waals surface area contributed by atoms with Crippen molar-refractivity contribution in [2.24, 2.45) is 0 Å². The van der Waals surface area contributed by atoms with Crippen molar-refractivity contribution in [2.45, 2.75) is 12.3 Å². The Balaban J connectivity index is 2.11. The molecule has 0 N–H and O–H groups in total. The molecule has 0 heterocycles. The van der Waals surface area contributed by atoms with Crippen LogP contribution in [0.1, 0.15) is 28.4 Å². The van der Waals surface area contributed by atoms with Gasteiger partial charge in [-0.1, -0.05) is 60.7 Å². The van der Waals surface area contributed by atoms with Crippen LogP contribution in [-0.4, -0.2) is 12.1 Å². The lowest BCUT2D eigenvalue weighted by atomic mass is 9.96. The van der Waals surface area contributed by atoms with Crippen LogP contribution in [0.25, 0.3) is 12.2 Å². The standard InChI is InChI=1S/C17H11F3O2/c18-17(19,20)16(21)22-15-13-7-3-1-5-11(13)9-10-12-6-2-4-8-14(12)15/h1-10,15H. The van der Waals surface area contributed by atoms with Gasteiger partial charge >= 0.3 is 12.1 Å². The number of carbonyl (C=O) groups excluding carboxylic acids is 1. The minimum absolute atomic E-state index is 0.529. The van der Waals surface area contributed by atoms with Crippen molar-refractivity contribution in [3.05, 3.63) is 70.8 Å². The molecule has 5 heteroatoms. The van der Waals surface area contributed by atoms with Crippen molar-refractivity contribution in [1.82, 2.24) is 0 Å². The number of hydrogen-bond donors (Lipinski definition) is 0. The van der Waals surface area contributed by atoms with Gasteiger partial charge in [0, 0.05) is 11.1 Å². The Kier molecular flexibility index (Phi) is 3.48. The van der Waals surface area contributed by atoms with E-state index in [1.807, 2.05) is 0 Å². The predicted octanol–water partition coefficient (Wildman–Crippen LogP) is 4.37. The quantitative estimate of drug-likeness (QED) is 0.731. The Bertz CT molecular complexity index is 698. The molecule has 0 aliphatic heterocycles. The van der Waals surface area contributed by atoms with Gasteiger partial charge in [-0.15, -0.1) is 0 Å². The highest BCUT2D eigenvalue weighted by molar-refractivity contribution is 5.79. The largest absolute Gasteiger partial charge is 0.490 e. The average molecular weight is 304 g/mol. The van der Waals surface area contributed by atoms with Crippen LogP contribution in [0, 0.1) is 0 Å². The third-order valence-corrected chi connectivity index (χ3v) is 3.46. The first-order valence-corrected chi connectivity index (χ1v) is 6.60. The Morgan fingerprint density at radius 1 is 0.864 bits per heavy atom. The van der Waals surface area contributed by atoms with Gasteiger partial charge in [0.05, 0.1) is 0 Å². The normalized spacial score (nSPS) is 14.0. The molecule has 0 fully saturated rings. The van der Waals surface area contributed by atoms with Crippen LogP contribution >= 0.6 is 0 Å². The van der Waals surface area contributed by atoms with E-state index in [1.165, 1.54) is 0 Å². The summed E-state index contributed by atoms with van der Waals surface area (Å²) in [6, 6.07) is 13.8. The molecule has 0 spiro atoms. The number of carbonyl (C=O) groups is 1. The van der Waals surface area contributed by atoms with Crippen molar-refractivity contribution >= 4 is 18.1 Å². The number of rotatable bonds is 1. The van der Waals surface area contributed by atoms with E-state index in [1.54, 1.807) is 60.7 Å². The van der Waals surface area contributed by atoms with Crippen molar-refractivity contribution in [1.29, 1.82) is 0 Å². The van der Waals surface area contributed by atoms with E-state index in [0.717, 1.165) is 11.1 Å². The zero-order valence-corrected chi connectivity index (χ0v) is 11.3. The second-order valence-electron chi connectivity index (χ2n) is 4.87. The molecule has 0 saturated heterocycles. The maximum atomic E-state index is 12.6. The molecule has 1 aliphatic carbocycles. The highest BCUT2D eigenvalue weighted by atomic mass is 19.4. The molecule has 0 atom stereocenters. The fourth-order valence-corrected chi connectivity index (χ4v) is 2.45. The van der Waals surface area contributed by atoms with Crippen LogP contribution in [0.3, 0.4) is 0 Å². The van der Waals surface area contributed by atoms with Gasteiger partial charge in [-0.2, -0.15) is 13.2 Å². The lowest BCUT2D eigenvalue weighted by Gasteiger charge is -2.21. The summed E-state index contributed by atoms with van der Waals surface area (Å²) in [5.74, 6) is -2.19. The Hall–Kier alpha value is -2.56. The van der Waals surface area contributed by atoms with Crippen molar-refractivity contribution < 1.29 is 22.7 Å². The molecule has 3 rings (SSSR count). The molecule has 0 unspecified atom stereocenters. The van der Waals surface area contributed by atoms with Crippen molar-refractivity contribution in [2.75, 3.05) is 0 Å². The molecule has 0 saturated carbocycles. The molecular weight excluding hydrogens is 293 g/mol. The van der Waals surface area contributed by atoms with E-state index in [0.29, 0.717) is 11.1 Å².